The van der Waals surface area contributed by atoms with Gasteiger partial charge in [0.1, 0.15) is 6.61 Å². The molecule has 0 saturated heterocycles. The van der Waals surface area contributed by atoms with Gasteiger partial charge in [0.15, 0.2) is 0 Å². The van der Waals surface area contributed by atoms with Gasteiger partial charge >= 0.3 is 12.0 Å². The first-order chi connectivity index (χ1) is 10.2. The fourth-order valence-electron chi connectivity index (χ4n) is 1.54. The Morgan fingerprint density at radius 2 is 1.81 bits per heavy atom. The highest BCUT2D eigenvalue weighted by Gasteiger charge is 2.07. The van der Waals surface area contributed by atoms with Crippen LogP contribution in [0.1, 0.15) is 18.9 Å². The predicted molar refractivity (Wildman–Crippen MR) is 80.9 cm³/mol. The number of hydrogen-bond acceptors (Lipinski definition) is 6. The number of hydrogen-bond donors (Lipinski definition) is 1. The first-order valence-corrected chi connectivity index (χ1v) is 7.00. The average molecular weight is 309 g/mol. The van der Waals surface area contributed by atoms with Gasteiger partial charge < -0.3 is 14.8 Å². The van der Waals surface area contributed by atoms with E-state index in [4.69, 9.17) is 21.1 Å². The molecule has 0 fully saturated rings. The molecule has 0 amide bonds. The molecule has 0 saturated carbocycles. The van der Waals surface area contributed by atoms with Gasteiger partial charge in [-0.1, -0.05) is 30.7 Å². The highest BCUT2D eigenvalue weighted by Crippen LogP contribution is 2.15. The van der Waals surface area contributed by atoms with Gasteiger partial charge in [-0.05, 0) is 24.1 Å². The number of benzene rings is 1. The summed E-state index contributed by atoms with van der Waals surface area (Å²) in [5.74, 6) is 0.440. The van der Waals surface area contributed by atoms with Gasteiger partial charge in [0, 0.05) is 11.6 Å². The Morgan fingerprint density at radius 1 is 1.10 bits per heavy atom. The molecule has 1 N–H and O–H groups in total. The lowest BCUT2D eigenvalue weighted by molar-refractivity contribution is 0.271. The van der Waals surface area contributed by atoms with Crippen molar-refractivity contribution < 1.29 is 9.47 Å². The zero-order valence-electron chi connectivity index (χ0n) is 12.0. The Bertz CT molecular complexity index is 578. The summed E-state index contributed by atoms with van der Waals surface area (Å²) in [5.41, 5.74) is 0.974. The third-order valence-corrected chi connectivity index (χ3v) is 2.84. The van der Waals surface area contributed by atoms with Crippen molar-refractivity contribution in [1.29, 1.82) is 0 Å². The third kappa shape index (κ3) is 4.75. The molecule has 0 unspecified atom stereocenters. The number of methoxy groups -OCH3 is 1. The summed E-state index contributed by atoms with van der Waals surface area (Å²) < 4.78 is 10.6. The minimum Gasteiger partial charge on any atom is -0.467 e. The smallest absolute Gasteiger partial charge is 0.324 e. The van der Waals surface area contributed by atoms with Gasteiger partial charge in [-0.25, -0.2) is 0 Å². The summed E-state index contributed by atoms with van der Waals surface area (Å²) in [7, 11) is 1.50. The maximum absolute atomic E-state index is 5.84. The number of halogens is 1. The summed E-state index contributed by atoms with van der Waals surface area (Å²) >= 11 is 5.84. The van der Waals surface area contributed by atoms with Gasteiger partial charge in [0.2, 0.25) is 5.95 Å². The molecular formula is C14H17ClN4O2. The maximum atomic E-state index is 5.84. The first kappa shape index (κ1) is 15.3. The maximum Gasteiger partial charge on any atom is 0.324 e. The molecule has 6 nitrogen and oxygen atoms in total. The van der Waals surface area contributed by atoms with E-state index in [1.807, 2.05) is 24.3 Å². The van der Waals surface area contributed by atoms with Crippen LogP contribution in [0, 0.1) is 0 Å². The quantitative estimate of drug-likeness (QED) is 0.848. The van der Waals surface area contributed by atoms with E-state index in [1.165, 1.54) is 7.11 Å². The molecular weight excluding hydrogens is 292 g/mol. The van der Waals surface area contributed by atoms with E-state index < -0.39 is 0 Å². The lowest BCUT2D eigenvalue weighted by Gasteiger charge is -2.08. The average Bonchev–Trinajstić information content (AvgIpc) is 2.52. The van der Waals surface area contributed by atoms with Crippen LogP contribution in [0.2, 0.25) is 5.02 Å². The van der Waals surface area contributed by atoms with Gasteiger partial charge in [-0.15, -0.1) is 4.98 Å². The zero-order valence-corrected chi connectivity index (χ0v) is 12.7. The van der Waals surface area contributed by atoms with Gasteiger partial charge in [-0.3, -0.25) is 0 Å². The minimum absolute atomic E-state index is 0.217. The number of ether oxygens (including phenoxy) is 2. The summed E-state index contributed by atoms with van der Waals surface area (Å²) in [6, 6.07) is 7.82. The fourth-order valence-corrected chi connectivity index (χ4v) is 1.66. The predicted octanol–water partition coefficient (Wildman–Crippen LogP) is 2.93. The van der Waals surface area contributed by atoms with Crippen molar-refractivity contribution in [2.75, 3.05) is 19.0 Å². The standard InChI is InChI=1S/C14H17ClN4O2/c1-3-8-16-12-17-13(20-2)19-14(18-12)21-9-10-4-6-11(15)7-5-10/h4-7H,3,8-9H2,1-2H3,(H,16,17,18,19). The van der Waals surface area contributed by atoms with Crippen LogP contribution in [0.3, 0.4) is 0 Å². The van der Waals surface area contributed by atoms with E-state index >= 15 is 0 Å². The number of rotatable bonds is 7. The van der Waals surface area contributed by atoms with Crippen molar-refractivity contribution >= 4 is 17.5 Å². The minimum atomic E-state index is 0.217. The van der Waals surface area contributed by atoms with Crippen molar-refractivity contribution in [3.63, 3.8) is 0 Å². The van der Waals surface area contributed by atoms with Gasteiger partial charge in [0.25, 0.3) is 0 Å². The van der Waals surface area contributed by atoms with Gasteiger partial charge in [0.05, 0.1) is 7.11 Å². The summed E-state index contributed by atoms with van der Waals surface area (Å²) in [4.78, 5) is 12.4. The van der Waals surface area contributed by atoms with E-state index in [0.717, 1.165) is 18.5 Å². The fraction of sp³-hybridized carbons (Fsp3) is 0.357. The first-order valence-electron chi connectivity index (χ1n) is 6.62. The van der Waals surface area contributed by atoms with E-state index in [1.54, 1.807) is 0 Å². The number of nitrogens with one attached hydrogen (secondary N) is 1. The van der Waals surface area contributed by atoms with E-state index in [2.05, 4.69) is 27.2 Å². The molecule has 1 aromatic heterocycles. The normalized spacial score (nSPS) is 10.2. The Hall–Kier alpha value is -2.08. The van der Waals surface area contributed by atoms with E-state index in [9.17, 15) is 0 Å². The van der Waals surface area contributed by atoms with Crippen LogP contribution in [0.4, 0.5) is 5.95 Å². The third-order valence-electron chi connectivity index (χ3n) is 2.59. The molecule has 1 aromatic carbocycles. The summed E-state index contributed by atoms with van der Waals surface area (Å²) in [6.07, 6.45) is 0.967. The Labute approximate surface area is 128 Å². The Morgan fingerprint density at radius 3 is 2.48 bits per heavy atom. The molecule has 0 aliphatic heterocycles. The second-order valence-electron chi connectivity index (χ2n) is 4.27. The molecule has 0 spiro atoms. The zero-order chi connectivity index (χ0) is 15.1. The largest absolute Gasteiger partial charge is 0.467 e. The Balaban J connectivity index is 2.05. The monoisotopic (exact) mass is 308 g/mol. The second kappa shape index (κ2) is 7.64. The molecule has 7 heteroatoms. The molecule has 112 valence electrons. The molecule has 0 atom stereocenters. The molecule has 0 aliphatic rings. The van der Waals surface area contributed by atoms with Crippen molar-refractivity contribution in [1.82, 2.24) is 15.0 Å². The lowest BCUT2D eigenvalue weighted by atomic mass is 10.2. The summed E-state index contributed by atoms with van der Waals surface area (Å²) in [6.45, 7) is 3.17. The van der Waals surface area contributed by atoms with Crippen molar-refractivity contribution in [2.24, 2.45) is 0 Å². The van der Waals surface area contributed by atoms with Crippen molar-refractivity contribution in [2.45, 2.75) is 20.0 Å². The highest BCUT2D eigenvalue weighted by atomic mass is 35.5. The van der Waals surface area contributed by atoms with Gasteiger partial charge in [-0.2, -0.15) is 9.97 Å². The lowest BCUT2D eigenvalue weighted by Crippen LogP contribution is -2.09. The van der Waals surface area contributed by atoms with Crippen LogP contribution in [0.5, 0.6) is 12.0 Å². The van der Waals surface area contributed by atoms with Crippen LogP contribution >= 0.6 is 11.6 Å². The molecule has 21 heavy (non-hydrogen) atoms. The Kier molecular flexibility index (Phi) is 5.57. The van der Waals surface area contributed by atoms with Crippen LogP contribution in [0.25, 0.3) is 0 Å². The number of nitrogens with zero attached hydrogens (tertiary/aromatic N) is 3. The number of aromatic nitrogens is 3. The second-order valence-corrected chi connectivity index (χ2v) is 4.71. The van der Waals surface area contributed by atoms with Crippen LogP contribution < -0.4 is 14.8 Å². The van der Waals surface area contributed by atoms with Crippen LogP contribution in [0.15, 0.2) is 24.3 Å². The molecule has 1 heterocycles. The highest BCUT2D eigenvalue weighted by molar-refractivity contribution is 6.30. The topological polar surface area (TPSA) is 69.2 Å². The SMILES string of the molecule is CCCNc1nc(OC)nc(OCc2ccc(Cl)cc2)n1. The molecule has 0 bridgehead atoms. The summed E-state index contributed by atoms with van der Waals surface area (Å²) in [5, 5.41) is 3.76. The van der Waals surface area contributed by atoms with E-state index in [-0.39, 0.29) is 12.0 Å². The molecule has 0 radical (unpaired) electrons. The van der Waals surface area contributed by atoms with E-state index in [0.29, 0.717) is 17.6 Å². The molecule has 2 aromatic rings. The van der Waals surface area contributed by atoms with Crippen LogP contribution in [-0.4, -0.2) is 28.6 Å². The van der Waals surface area contributed by atoms with Crippen molar-refractivity contribution in [3.05, 3.63) is 34.9 Å². The molecule has 2 rings (SSSR count). The number of anilines is 1. The molecule has 0 aliphatic carbocycles. The van der Waals surface area contributed by atoms with Crippen LogP contribution in [-0.2, 0) is 6.61 Å². The van der Waals surface area contributed by atoms with Crippen molar-refractivity contribution in [3.8, 4) is 12.0 Å².